The minimum atomic E-state index is -0.693. The molecule has 0 aromatic carbocycles. The van der Waals surface area contributed by atoms with Gasteiger partial charge in [-0.1, -0.05) is 9.69 Å². The lowest BCUT2D eigenvalue weighted by Gasteiger charge is -2.53. The number of rotatable bonds is 20. The topological polar surface area (TPSA) is 106 Å². The molecule has 0 heterocycles. The Morgan fingerprint density at radius 1 is 0.698 bits per heavy atom. The number of hydroxylamine groups is 6. The van der Waals surface area contributed by atoms with Gasteiger partial charge >= 0.3 is 17.9 Å². The average Bonchev–Trinajstić information content (AvgIpc) is 2.85. The van der Waals surface area contributed by atoms with Gasteiger partial charge in [-0.05, 0) is 11.6 Å². The highest BCUT2D eigenvalue weighted by Gasteiger charge is 2.56. The van der Waals surface area contributed by atoms with Crippen molar-refractivity contribution in [1.82, 2.24) is 0 Å². The van der Waals surface area contributed by atoms with E-state index < -0.39 is 29.4 Å². The number of nitrogens with zero attached hydrogens (tertiary/aromatic N) is 5. The van der Waals surface area contributed by atoms with Crippen molar-refractivity contribution in [1.29, 1.82) is 0 Å². The van der Waals surface area contributed by atoms with Gasteiger partial charge in [-0.3, -0.25) is 18.9 Å². The number of ether oxygens (including phenoxy) is 3. The number of hydrogen-bond acceptors (Lipinski definition) is 8. The molecule has 13 heteroatoms. The maximum atomic E-state index is 12.6. The summed E-state index contributed by atoms with van der Waals surface area (Å²) >= 11 is 0. The summed E-state index contributed by atoms with van der Waals surface area (Å²) in [4.78, 5) is 55.8. The van der Waals surface area contributed by atoms with E-state index in [4.69, 9.17) is 37.0 Å². The minimum Gasteiger partial charge on any atom is -0.465 e. The van der Waals surface area contributed by atoms with E-state index in [-0.39, 0.29) is 63.2 Å². The summed E-state index contributed by atoms with van der Waals surface area (Å²) in [5.41, 5.74) is -0.665. The Hall–Kier alpha value is -3.07. The molecule has 0 aliphatic carbocycles. The molecule has 0 aromatic rings. The van der Waals surface area contributed by atoms with Gasteiger partial charge in [-0.15, -0.1) is 9.68 Å². The van der Waals surface area contributed by atoms with Crippen LogP contribution in [0.25, 0.3) is 9.69 Å². The molecule has 13 nitrogen and oxygen atoms in total. The Morgan fingerprint density at radius 2 is 1.19 bits per heavy atom. The second-order valence-electron chi connectivity index (χ2n) is 13.0. The molecular formula is C30H56N5O8+5. The molecular weight excluding hydrogens is 558 g/mol. The first-order chi connectivity index (χ1) is 19.6. The van der Waals surface area contributed by atoms with Crippen LogP contribution in [0.5, 0.6) is 0 Å². The summed E-state index contributed by atoms with van der Waals surface area (Å²) in [6.07, 6.45) is 2.14. The number of esters is 3. The Morgan fingerprint density at radius 3 is 1.70 bits per heavy atom. The summed E-state index contributed by atoms with van der Waals surface area (Å²) in [6.45, 7) is 18.8. The lowest BCUT2D eigenvalue weighted by atomic mass is 10.1. The van der Waals surface area contributed by atoms with Gasteiger partial charge < -0.3 is 14.2 Å². The zero-order chi connectivity index (χ0) is 33.5. The molecule has 0 bridgehead atoms. The molecule has 0 radical (unpaired) electrons. The zero-order valence-corrected chi connectivity index (χ0v) is 28.3. The van der Waals surface area contributed by atoms with Crippen LogP contribution in [-0.4, -0.2) is 132 Å². The number of hydrogen-bond donors (Lipinski definition) is 0. The van der Waals surface area contributed by atoms with Crippen molar-refractivity contribution in [3.8, 4) is 13.1 Å². The van der Waals surface area contributed by atoms with Gasteiger partial charge in [-0.25, -0.2) is 0 Å². The first-order valence-corrected chi connectivity index (χ1v) is 14.4. The molecule has 0 saturated carbocycles. The highest BCUT2D eigenvalue weighted by atomic mass is 16.8. The Bertz CT molecular complexity index is 1050. The molecule has 0 N–H and O–H groups in total. The highest BCUT2D eigenvalue weighted by Crippen LogP contribution is 2.35. The molecule has 0 atom stereocenters. The number of carbonyl (C=O) groups is 3. The fourth-order valence-corrected chi connectivity index (χ4v) is 4.02. The van der Waals surface area contributed by atoms with Gasteiger partial charge in [-0.2, -0.15) is 9.29 Å². The maximum absolute atomic E-state index is 12.6. The van der Waals surface area contributed by atoms with Crippen LogP contribution in [0.1, 0.15) is 53.4 Å². The largest absolute Gasteiger partial charge is 0.465 e. The summed E-state index contributed by atoms with van der Waals surface area (Å²) in [7, 11) is 13.8. The fourth-order valence-electron chi connectivity index (χ4n) is 4.02. The van der Waals surface area contributed by atoms with E-state index in [2.05, 4.69) is 23.8 Å². The van der Waals surface area contributed by atoms with E-state index in [9.17, 15) is 14.4 Å². The average molecular weight is 615 g/mol. The molecule has 0 aliphatic heterocycles. The molecule has 0 spiro atoms. The van der Waals surface area contributed by atoms with Crippen LogP contribution in [0.15, 0.2) is 11.6 Å². The van der Waals surface area contributed by atoms with Crippen LogP contribution >= 0.6 is 0 Å². The molecule has 0 unspecified atom stereocenters. The lowest BCUT2D eigenvalue weighted by Crippen LogP contribution is -2.72. The summed E-state index contributed by atoms with van der Waals surface area (Å²) in [5, 5.41) is 0. The van der Waals surface area contributed by atoms with E-state index in [0.29, 0.717) is 21.2 Å². The Kier molecular flexibility index (Phi) is 16.0. The standard InChI is InChI=1S/C30H56N5O8/c1-29(2,42-33(7,8)9)35(12,13)30(3,4)43-34(10,11)21-16-28(38)40-23-18-25(24-41-27(37)15-20-32-6)17-22-39-26(36)14-19-31-5/h5-6,18H,14-17,19-24H2,1-4,7-13H3/q+5/b25-18+. The SMILES string of the molecule is C#[N+]CCC(=O)OCC/C(=C\COC(=O)CC[N+](C)(C)OC(C)(C)[N+](C)(C)C(C)(C)O[N+](C)(C)C)COC(=O)CC[N+]#C. The highest BCUT2D eigenvalue weighted by molar-refractivity contribution is 5.70. The monoisotopic (exact) mass is 614 g/mol. The summed E-state index contributed by atoms with van der Waals surface area (Å²) < 4.78 is 16.6. The maximum Gasteiger partial charge on any atom is 0.313 e. The minimum absolute atomic E-state index is 0.0376. The predicted molar refractivity (Wildman–Crippen MR) is 163 cm³/mol. The van der Waals surface area contributed by atoms with Crippen molar-refractivity contribution in [3.63, 3.8) is 0 Å². The van der Waals surface area contributed by atoms with Gasteiger partial charge in [0.05, 0.1) is 62.4 Å². The first kappa shape index (κ1) is 39.9. The van der Waals surface area contributed by atoms with Crippen molar-refractivity contribution in [2.24, 2.45) is 0 Å². The molecule has 244 valence electrons. The van der Waals surface area contributed by atoms with Gasteiger partial charge in [0.15, 0.2) is 0 Å². The fraction of sp³-hybridized carbons (Fsp3) is 0.767. The van der Waals surface area contributed by atoms with Crippen molar-refractivity contribution < 1.29 is 52.0 Å². The van der Waals surface area contributed by atoms with Gasteiger partial charge in [0.2, 0.25) is 11.4 Å². The molecule has 0 rings (SSSR count). The molecule has 43 heavy (non-hydrogen) atoms. The molecule has 0 aliphatic rings. The van der Waals surface area contributed by atoms with E-state index >= 15 is 0 Å². The van der Waals surface area contributed by atoms with Crippen molar-refractivity contribution in [2.75, 3.05) is 88.8 Å². The molecule has 0 aromatic heterocycles. The summed E-state index contributed by atoms with van der Waals surface area (Å²) in [6, 6.07) is 0. The second-order valence-corrected chi connectivity index (χ2v) is 13.0. The van der Waals surface area contributed by atoms with Gasteiger partial charge in [0, 0.05) is 34.1 Å². The third-order valence-corrected chi connectivity index (χ3v) is 7.13. The molecule has 0 fully saturated rings. The van der Waals surface area contributed by atoms with Gasteiger partial charge in [0.25, 0.3) is 26.2 Å². The zero-order valence-electron chi connectivity index (χ0n) is 28.3. The third-order valence-electron chi connectivity index (χ3n) is 7.13. The normalized spacial score (nSPS) is 13.1. The van der Waals surface area contributed by atoms with E-state index in [1.54, 1.807) is 6.08 Å². The number of quaternary nitrogens is 3. The van der Waals surface area contributed by atoms with Crippen LogP contribution in [-0.2, 0) is 38.3 Å². The quantitative estimate of drug-likeness (QED) is 0.0514. The van der Waals surface area contributed by atoms with Crippen LogP contribution in [0, 0.1) is 13.1 Å². The second kappa shape index (κ2) is 17.3. The van der Waals surface area contributed by atoms with Crippen LogP contribution in [0.3, 0.4) is 0 Å². The molecule has 0 amide bonds. The Balaban J connectivity index is 5.16. The van der Waals surface area contributed by atoms with Crippen molar-refractivity contribution >= 4 is 17.9 Å². The van der Waals surface area contributed by atoms with E-state index in [1.807, 2.05) is 62.9 Å². The van der Waals surface area contributed by atoms with Crippen molar-refractivity contribution in [2.45, 2.75) is 64.8 Å². The predicted octanol–water partition coefficient (Wildman–Crippen LogP) is 3.22. The number of carbonyl (C=O) groups excluding carboxylic acids is 3. The van der Waals surface area contributed by atoms with Crippen LogP contribution < -0.4 is 0 Å². The van der Waals surface area contributed by atoms with Crippen LogP contribution in [0.2, 0.25) is 0 Å². The lowest BCUT2D eigenvalue weighted by molar-refractivity contribution is -1.19. The molecule has 0 saturated heterocycles. The first-order valence-electron chi connectivity index (χ1n) is 14.4. The van der Waals surface area contributed by atoms with E-state index in [1.165, 1.54) is 0 Å². The Labute approximate surface area is 258 Å². The summed E-state index contributed by atoms with van der Waals surface area (Å²) in [5.74, 6) is -1.33. The van der Waals surface area contributed by atoms with Crippen molar-refractivity contribution in [3.05, 3.63) is 21.3 Å². The van der Waals surface area contributed by atoms with Gasteiger partial charge in [0.1, 0.15) is 32.6 Å². The third kappa shape index (κ3) is 15.8. The van der Waals surface area contributed by atoms with Crippen LogP contribution in [0.4, 0.5) is 0 Å². The van der Waals surface area contributed by atoms with E-state index in [0.717, 1.165) is 0 Å². The smallest absolute Gasteiger partial charge is 0.313 e.